The Balaban J connectivity index is 3.17. The van der Waals surface area contributed by atoms with Gasteiger partial charge in [0.05, 0.1) is 6.61 Å². The average molecular weight is 319 g/mol. The third-order valence-corrected chi connectivity index (χ3v) is 4.25. The summed E-state index contributed by atoms with van der Waals surface area (Å²) in [5, 5.41) is -0.451. The van der Waals surface area contributed by atoms with Crippen LogP contribution in [0.5, 0.6) is 0 Å². The second kappa shape index (κ2) is 16.1. The number of alkyl halides is 1. The Labute approximate surface area is 137 Å². The van der Waals surface area contributed by atoms with E-state index in [1.165, 1.54) is 70.6 Å². The molecule has 0 heterocycles. The zero-order chi connectivity index (χ0) is 15.8. The van der Waals surface area contributed by atoms with E-state index < -0.39 is 5.38 Å². The van der Waals surface area contributed by atoms with Crippen LogP contribution in [0.2, 0.25) is 0 Å². The number of carbonyl (C=O) groups excluding carboxylic acids is 1. The third kappa shape index (κ3) is 14.5. The number of carbonyl (C=O) groups is 1. The highest BCUT2D eigenvalue weighted by atomic mass is 35.5. The van der Waals surface area contributed by atoms with Crippen LogP contribution in [0.1, 0.15) is 97.3 Å². The molecule has 1 unspecified atom stereocenters. The van der Waals surface area contributed by atoms with Crippen LogP contribution >= 0.6 is 11.6 Å². The maximum atomic E-state index is 11.3. The molecule has 0 N–H and O–H groups in total. The summed E-state index contributed by atoms with van der Waals surface area (Å²) < 4.78 is 4.89. The van der Waals surface area contributed by atoms with Gasteiger partial charge in [-0.1, -0.05) is 84.0 Å². The molecule has 0 spiro atoms. The van der Waals surface area contributed by atoms with Crippen molar-refractivity contribution in [3.8, 4) is 0 Å². The van der Waals surface area contributed by atoms with E-state index in [4.69, 9.17) is 16.3 Å². The molecule has 0 aromatic carbocycles. The maximum absolute atomic E-state index is 11.3. The van der Waals surface area contributed by atoms with Crippen LogP contribution in [-0.4, -0.2) is 18.0 Å². The minimum Gasteiger partial charge on any atom is -0.465 e. The van der Waals surface area contributed by atoms with Gasteiger partial charge in [0.2, 0.25) is 0 Å². The van der Waals surface area contributed by atoms with E-state index in [-0.39, 0.29) is 5.97 Å². The molecule has 0 rings (SSSR count). The number of ether oxygens (including phenoxy) is 1. The van der Waals surface area contributed by atoms with Crippen molar-refractivity contribution in [1.82, 2.24) is 0 Å². The summed E-state index contributed by atoms with van der Waals surface area (Å²) in [5.41, 5.74) is 0. The third-order valence-electron chi connectivity index (χ3n) is 3.85. The highest BCUT2D eigenvalue weighted by Crippen LogP contribution is 2.14. The molecule has 0 aromatic rings. The van der Waals surface area contributed by atoms with Crippen LogP contribution in [0.15, 0.2) is 0 Å². The summed E-state index contributed by atoms with van der Waals surface area (Å²) in [6.45, 7) is 4.49. The van der Waals surface area contributed by atoms with Crippen LogP contribution in [0, 0.1) is 0 Å². The Bertz CT molecular complexity index is 231. The smallest absolute Gasteiger partial charge is 0.324 e. The predicted octanol–water partition coefficient (Wildman–Crippen LogP) is 6.25. The fourth-order valence-electron chi connectivity index (χ4n) is 2.52. The SMILES string of the molecule is CCCCCCCCCCCCCCC(Cl)C(=O)OCC. The normalized spacial score (nSPS) is 12.3. The fourth-order valence-corrected chi connectivity index (χ4v) is 2.73. The van der Waals surface area contributed by atoms with E-state index in [0.717, 1.165) is 12.8 Å². The van der Waals surface area contributed by atoms with Crippen molar-refractivity contribution in [3.63, 3.8) is 0 Å². The van der Waals surface area contributed by atoms with Crippen LogP contribution in [0.25, 0.3) is 0 Å². The fraction of sp³-hybridized carbons (Fsp3) is 0.944. The van der Waals surface area contributed by atoms with Gasteiger partial charge >= 0.3 is 5.97 Å². The molecular formula is C18H35ClO2. The summed E-state index contributed by atoms with van der Waals surface area (Å²) in [6, 6.07) is 0. The van der Waals surface area contributed by atoms with E-state index in [9.17, 15) is 4.79 Å². The Morgan fingerprint density at radius 2 is 1.24 bits per heavy atom. The molecule has 1 atom stereocenters. The Hall–Kier alpha value is -0.240. The highest BCUT2D eigenvalue weighted by molar-refractivity contribution is 6.29. The summed E-state index contributed by atoms with van der Waals surface area (Å²) in [6.07, 6.45) is 16.7. The van der Waals surface area contributed by atoms with Gasteiger partial charge < -0.3 is 4.74 Å². The molecule has 0 radical (unpaired) electrons. The molecule has 3 heteroatoms. The first kappa shape index (κ1) is 20.8. The molecule has 0 aliphatic heterocycles. The minimum atomic E-state index is -0.451. The first-order valence-electron chi connectivity index (χ1n) is 9.03. The van der Waals surface area contributed by atoms with Gasteiger partial charge in [0.25, 0.3) is 0 Å². The van der Waals surface area contributed by atoms with Crippen LogP contribution in [-0.2, 0) is 9.53 Å². The standard InChI is InChI=1S/C18H35ClO2/c1-3-5-6-7-8-9-10-11-12-13-14-15-16-17(19)18(20)21-4-2/h17H,3-16H2,1-2H3. The number of rotatable bonds is 15. The molecule has 0 aromatic heterocycles. The van der Waals surface area contributed by atoms with Crippen molar-refractivity contribution in [1.29, 1.82) is 0 Å². The zero-order valence-electron chi connectivity index (χ0n) is 14.2. The average Bonchev–Trinajstić information content (AvgIpc) is 2.48. The lowest BCUT2D eigenvalue weighted by Gasteiger charge is -2.08. The van der Waals surface area contributed by atoms with E-state index in [1.807, 2.05) is 6.92 Å². The van der Waals surface area contributed by atoms with Gasteiger partial charge in [-0.05, 0) is 13.3 Å². The van der Waals surface area contributed by atoms with Gasteiger partial charge in [0.1, 0.15) is 5.38 Å². The van der Waals surface area contributed by atoms with Gasteiger partial charge in [-0.15, -0.1) is 11.6 Å². The molecule has 2 nitrogen and oxygen atoms in total. The topological polar surface area (TPSA) is 26.3 Å². The van der Waals surface area contributed by atoms with Gasteiger partial charge in [-0.2, -0.15) is 0 Å². The summed E-state index contributed by atoms with van der Waals surface area (Å²) in [4.78, 5) is 11.3. The van der Waals surface area contributed by atoms with Gasteiger partial charge in [0.15, 0.2) is 0 Å². The number of unbranched alkanes of at least 4 members (excludes halogenated alkanes) is 11. The zero-order valence-corrected chi connectivity index (χ0v) is 14.9. The number of hydrogen-bond acceptors (Lipinski definition) is 2. The second-order valence-corrected chi connectivity index (χ2v) is 6.42. The molecule has 126 valence electrons. The summed E-state index contributed by atoms with van der Waals surface area (Å²) in [5.74, 6) is -0.262. The first-order chi connectivity index (χ1) is 10.2. The summed E-state index contributed by atoms with van der Waals surface area (Å²) in [7, 11) is 0. The van der Waals surface area contributed by atoms with E-state index in [2.05, 4.69) is 6.92 Å². The van der Waals surface area contributed by atoms with Crippen LogP contribution < -0.4 is 0 Å². The minimum absolute atomic E-state index is 0.262. The molecule has 0 amide bonds. The Morgan fingerprint density at radius 3 is 1.67 bits per heavy atom. The quantitative estimate of drug-likeness (QED) is 0.203. The van der Waals surface area contributed by atoms with Gasteiger partial charge in [-0.3, -0.25) is 4.79 Å². The Morgan fingerprint density at radius 1 is 0.810 bits per heavy atom. The molecule has 0 saturated carbocycles. The van der Waals surface area contributed by atoms with Crippen molar-refractivity contribution in [2.24, 2.45) is 0 Å². The second-order valence-electron chi connectivity index (χ2n) is 5.90. The first-order valence-corrected chi connectivity index (χ1v) is 9.46. The largest absolute Gasteiger partial charge is 0.465 e. The molecular weight excluding hydrogens is 284 g/mol. The maximum Gasteiger partial charge on any atom is 0.324 e. The van der Waals surface area contributed by atoms with E-state index in [0.29, 0.717) is 6.61 Å². The van der Waals surface area contributed by atoms with Crippen molar-refractivity contribution in [2.75, 3.05) is 6.61 Å². The Kier molecular flexibility index (Phi) is 16.0. The van der Waals surface area contributed by atoms with Crippen molar-refractivity contribution in [3.05, 3.63) is 0 Å². The lowest BCUT2D eigenvalue weighted by molar-refractivity contribution is -0.142. The number of halogens is 1. The lowest BCUT2D eigenvalue weighted by atomic mass is 10.0. The highest BCUT2D eigenvalue weighted by Gasteiger charge is 2.15. The summed E-state index contributed by atoms with van der Waals surface area (Å²) >= 11 is 5.97. The van der Waals surface area contributed by atoms with E-state index in [1.54, 1.807) is 0 Å². The predicted molar refractivity (Wildman–Crippen MR) is 92.0 cm³/mol. The van der Waals surface area contributed by atoms with Crippen LogP contribution in [0.3, 0.4) is 0 Å². The van der Waals surface area contributed by atoms with Gasteiger partial charge in [0, 0.05) is 0 Å². The molecule has 0 saturated heterocycles. The van der Waals surface area contributed by atoms with Crippen molar-refractivity contribution < 1.29 is 9.53 Å². The molecule has 0 fully saturated rings. The molecule has 0 aliphatic rings. The van der Waals surface area contributed by atoms with Gasteiger partial charge in [-0.25, -0.2) is 0 Å². The molecule has 0 bridgehead atoms. The van der Waals surface area contributed by atoms with Crippen molar-refractivity contribution >= 4 is 17.6 Å². The number of hydrogen-bond donors (Lipinski definition) is 0. The van der Waals surface area contributed by atoms with Crippen molar-refractivity contribution in [2.45, 2.75) is 103 Å². The molecule has 21 heavy (non-hydrogen) atoms. The lowest BCUT2D eigenvalue weighted by Crippen LogP contribution is -2.17. The molecule has 0 aliphatic carbocycles. The number of esters is 1. The van der Waals surface area contributed by atoms with E-state index >= 15 is 0 Å². The van der Waals surface area contributed by atoms with Crippen LogP contribution in [0.4, 0.5) is 0 Å². The monoisotopic (exact) mass is 318 g/mol.